The Morgan fingerprint density at radius 3 is 1.27 bits per heavy atom. The third-order valence-corrected chi connectivity index (χ3v) is 15.3. The zero-order chi connectivity index (χ0) is 54.6. The molecule has 1 fully saturated rings. The van der Waals surface area contributed by atoms with Gasteiger partial charge < -0.3 is 34.3 Å². The SMILES string of the molecule is CCCCCCC/C=C\C/C=C\CCCCCCCCCCCCCCCC(=O)OC(COCCCCCCCCCCCCCCCCCCCCCCCCC)COC1OC(CO)C(O)C(OS(=O)(=O)O)C1O. The molecule has 0 amide bonds. The fourth-order valence-electron chi connectivity index (χ4n) is 10.1. The highest BCUT2D eigenvalue weighted by Crippen LogP contribution is 2.26. The van der Waals surface area contributed by atoms with E-state index in [0.717, 1.165) is 44.9 Å². The maximum Gasteiger partial charge on any atom is 0.397 e. The summed E-state index contributed by atoms with van der Waals surface area (Å²) < 4.78 is 59.6. The molecule has 0 aromatic heterocycles. The van der Waals surface area contributed by atoms with Crippen molar-refractivity contribution in [2.75, 3.05) is 26.4 Å². The molecule has 4 N–H and O–H groups in total. The number of carbonyl (C=O) groups is 1. The molecule has 0 spiro atoms. The molecular weight excluding hydrogens is 969 g/mol. The van der Waals surface area contributed by atoms with E-state index in [1.54, 1.807) is 0 Å². The molecule has 0 aromatic rings. The second-order valence-electron chi connectivity index (χ2n) is 22.0. The Kier molecular flexibility index (Phi) is 50.8. The van der Waals surface area contributed by atoms with E-state index >= 15 is 0 Å². The van der Waals surface area contributed by atoms with Crippen LogP contribution in [0.4, 0.5) is 0 Å². The largest absolute Gasteiger partial charge is 0.457 e. The maximum atomic E-state index is 13.0. The minimum Gasteiger partial charge on any atom is -0.457 e. The van der Waals surface area contributed by atoms with Gasteiger partial charge in [-0.25, -0.2) is 4.18 Å². The van der Waals surface area contributed by atoms with Crippen LogP contribution < -0.4 is 0 Å². The first-order valence-corrected chi connectivity index (χ1v) is 33.0. The normalized spacial score (nSPS) is 18.7. The van der Waals surface area contributed by atoms with Crippen LogP contribution in [0.15, 0.2) is 24.3 Å². The summed E-state index contributed by atoms with van der Waals surface area (Å²) in [4.78, 5) is 13.0. The lowest BCUT2D eigenvalue weighted by molar-refractivity contribution is -0.301. The van der Waals surface area contributed by atoms with Gasteiger partial charge in [-0.15, -0.1) is 0 Å². The van der Waals surface area contributed by atoms with Gasteiger partial charge in [-0.2, -0.15) is 8.42 Å². The molecule has 6 unspecified atom stereocenters. The standard InChI is InChI=1S/C62H118O12S/c1-3-5-7-9-11-13-15-17-19-21-23-25-27-28-29-31-33-35-37-39-41-43-45-47-49-51-58(64)72-56(55-71-62-60(66)61(74-75(67,68)69)59(65)57(53-63)73-62)54-70-52-50-48-46-44-42-40-38-36-34-32-30-26-24-22-20-18-16-14-12-10-8-6-4-2/h15,17,21,23,56-57,59-63,65-66H,3-14,16,18-20,22,24-55H2,1-2H3,(H,67,68,69)/b17-15-,23-21-. The van der Waals surface area contributed by atoms with Crippen molar-refractivity contribution in [1.82, 2.24) is 0 Å². The topological polar surface area (TPSA) is 178 Å². The predicted molar refractivity (Wildman–Crippen MR) is 308 cm³/mol. The van der Waals surface area contributed by atoms with Gasteiger partial charge in [0.05, 0.1) is 19.8 Å². The summed E-state index contributed by atoms with van der Waals surface area (Å²) in [7, 11) is -5.07. The molecule has 0 aromatic carbocycles. The summed E-state index contributed by atoms with van der Waals surface area (Å²) >= 11 is 0. The molecule has 13 heteroatoms. The molecule has 1 aliphatic heterocycles. The Hall–Kier alpha value is -1.42. The van der Waals surface area contributed by atoms with Gasteiger partial charge in [0.1, 0.15) is 30.5 Å². The van der Waals surface area contributed by atoms with Crippen molar-refractivity contribution in [2.24, 2.45) is 0 Å². The molecule has 0 bridgehead atoms. The number of aliphatic hydroxyl groups excluding tert-OH is 3. The first-order chi connectivity index (χ1) is 36.6. The minimum atomic E-state index is -5.07. The van der Waals surface area contributed by atoms with Crippen LogP contribution >= 0.6 is 0 Å². The van der Waals surface area contributed by atoms with E-state index in [4.69, 9.17) is 18.9 Å². The highest BCUT2D eigenvalue weighted by atomic mass is 32.3. The van der Waals surface area contributed by atoms with E-state index in [0.29, 0.717) is 13.0 Å². The lowest BCUT2D eigenvalue weighted by Crippen LogP contribution is -2.60. The first kappa shape index (κ1) is 71.6. The molecule has 12 nitrogen and oxygen atoms in total. The second kappa shape index (κ2) is 53.2. The summed E-state index contributed by atoms with van der Waals surface area (Å²) in [5.41, 5.74) is 0. The van der Waals surface area contributed by atoms with Crippen molar-refractivity contribution in [3.05, 3.63) is 24.3 Å². The highest BCUT2D eigenvalue weighted by Gasteiger charge is 2.48. The fraction of sp³-hybridized carbons (Fsp3) is 0.919. The molecule has 0 aliphatic carbocycles. The van der Waals surface area contributed by atoms with Gasteiger partial charge in [0.15, 0.2) is 6.29 Å². The van der Waals surface area contributed by atoms with Crippen molar-refractivity contribution in [3.8, 4) is 0 Å². The molecule has 1 saturated heterocycles. The van der Waals surface area contributed by atoms with Gasteiger partial charge in [0.2, 0.25) is 0 Å². The van der Waals surface area contributed by atoms with Crippen LogP contribution in [0.1, 0.15) is 303 Å². The van der Waals surface area contributed by atoms with E-state index in [1.807, 2.05) is 0 Å². The number of aliphatic hydroxyl groups is 3. The third-order valence-electron chi connectivity index (χ3n) is 14.8. The quantitative estimate of drug-likeness (QED) is 0.0196. The van der Waals surface area contributed by atoms with E-state index in [2.05, 4.69) is 42.3 Å². The Morgan fingerprint density at radius 2 is 0.880 bits per heavy atom. The Balaban J connectivity index is 2.24. The molecule has 1 aliphatic rings. The van der Waals surface area contributed by atoms with E-state index in [-0.39, 0.29) is 19.6 Å². The average Bonchev–Trinajstić information content (AvgIpc) is 3.39. The smallest absolute Gasteiger partial charge is 0.397 e. The van der Waals surface area contributed by atoms with Crippen LogP contribution in [0.25, 0.3) is 0 Å². The lowest BCUT2D eigenvalue weighted by atomic mass is 9.99. The van der Waals surface area contributed by atoms with Crippen molar-refractivity contribution in [1.29, 1.82) is 0 Å². The van der Waals surface area contributed by atoms with Crippen molar-refractivity contribution >= 4 is 16.4 Å². The van der Waals surface area contributed by atoms with Gasteiger partial charge in [-0.05, 0) is 44.9 Å². The van der Waals surface area contributed by atoms with Crippen LogP contribution in [0, 0.1) is 0 Å². The summed E-state index contributed by atoms with van der Waals surface area (Å²) in [6, 6.07) is 0. The second-order valence-corrected chi connectivity index (χ2v) is 23.1. The predicted octanol–water partition coefficient (Wildman–Crippen LogP) is 16.3. The fourth-order valence-corrected chi connectivity index (χ4v) is 10.6. The number of hydrogen-bond donors (Lipinski definition) is 4. The molecule has 75 heavy (non-hydrogen) atoms. The monoisotopic (exact) mass is 1090 g/mol. The number of allylic oxidation sites excluding steroid dienone is 4. The molecule has 1 heterocycles. The molecular formula is C62H118O12S. The summed E-state index contributed by atoms with van der Waals surface area (Å²) in [5.74, 6) is -0.392. The van der Waals surface area contributed by atoms with Crippen LogP contribution in [0.5, 0.6) is 0 Å². The number of esters is 1. The zero-order valence-electron chi connectivity index (χ0n) is 48.4. The van der Waals surface area contributed by atoms with E-state index < -0.39 is 59.8 Å². The zero-order valence-corrected chi connectivity index (χ0v) is 49.2. The first-order valence-electron chi connectivity index (χ1n) is 31.6. The third kappa shape index (κ3) is 46.1. The van der Waals surface area contributed by atoms with E-state index in [1.165, 1.54) is 231 Å². The summed E-state index contributed by atoms with van der Waals surface area (Å²) in [6.07, 6.45) is 56.5. The number of unbranched alkanes of at least 4 members (excludes halogenated alkanes) is 40. The minimum absolute atomic E-state index is 0.0418. The molecule has 1 rings (SSSR count). The highest BCUT2D eigenvalue weighted by molar-refractivity contribution is 7.80. The maximum absolute atomic E-state index is 13.0. The molecule has 0 radical (unpaired) electrons. The molecule has 0 saturated carbocycles. The van der Waals surface area contributed by atoms with Gasteiger partial charge in [0, 0.05) is 13.0 Å². The Morgan fingerprint density at radius 1 is 0.507 bits per heavy atom. The number of hydrogen-bond acceptors (Lipinski definition) is 11. The van der Waals surface area contributed by atoms with Crippen LogP contribution in [0.2, 0.25) is 0 Å². The van der Waals surface area contributed by atoms with Crippen LogP contribution in [0.3, 0.4) is 0 Å². The summed E-state index contributed by atoms with van der Waals surface area (Å²) in [6.45, 7) is 4.06. The number of rotatable bonds is 57. The van der Waals surface area contributed by atoms with Crippen molar-refractivity contribution in [2.45, 2.75) is 340 Å². The Labute approximate surface area is 461 Å². The van der Waals surface area contributed by atoms with Gasteiger partial charge in [0.25, 0.3) is 0 Å². The van der Waals surface area contributed by atoms with Gasteiger partial charge >= 0.3 is 16.4 Å². The number of carbonyl (C=O) groups excluding carboxylic acids is 1. The van der Waals surface area contributed by atoms with Gasteiger partial charge in [-0.1, -0.05) is 276 Å². The average molecular weight is 1090 g/mol. The number of ether oxygens (including phenoxy) is 4. The van der Waals surface area contributed by atoms with Crippen molar-refractivity contribution < 1.29 is 56.2 Å². The van der Waals surface area contributed by atoms with Crippen molar-refractivity contribution in [3.63, 3.8) is 0 Å². The summed E-state index contributed by atoms with van der Waals surface area (Å²) in [5, 5.41) is 30.9. The van der Waals surface area contributed by atoms with Crippen LogP contribution in [-0.2, 0) is 38.3 Å². The van der Waals surface area contributed by atoms with E-state index in [9.17, 15) is 33.1 Å². The lowest BCUT2D eigenvalue weighted by Gasteiger charge is -2.41. The van der Waals surface area contributed by atoms with Gasteiger partial charge in [-0.3, -0.25) is 9.35 Å². The molecule has 6 atom stereocenters. The molecule has 444 valence electrons. The van der Waals surface area contributed by atoms with Crippen LogP contribution in [-0.4, -0.2) is 97.5 Å². The Bertz CT molecular complexity index is 1390.